The lowest BCUT2D eigenvalue weighted by Gasteiger charge is -2.61. The number of furan rings is 1. The van der Waals surface area contributed by atoms with Crippen LogP contribution in [0.5, 0.6) is 0 Å². The van der Waals surface area contributed by atoms with E-state index in [9.17, 15) is 19.2 Å². The van der Waals surface area contributed by atoms with E-state index in [1.165, 1.54) is 39.6 Å². The van der Waals surface area contributed by atoms with Crippen LogP contribution in [0.1, 0.15) is 58.6 Å². The first-order valence-corrected chi connectivity index (χ1v) is 11.4. The summed E-state index contributed by atoms with van der Waals surface area (Å²) in [7, 11) is 1.29. The van der Waals surface area contributed by atoms with E-state index < -0.39 is 58.9 Å². The number of esters is 4. The van der Waals surface area contributed by atoms with Crippen LogP contribution in [0, 0.1) is 22.7 Å². The quantitative estimate of drug-likeness (QED) is 0.478. The summed E-state index contributed by atoms with van der Waals surface area (Å²) in [6, 6.07) is 1.75. The molecule has 1 aromatic heterocycles. The first-order valence-electron chi connectivity index (χ1n) is 11.4. The molecule has 7 atom stereocenters. The van der Waals surface area contributed by atoms with Crippen molar-refractivity contribution in [2.75, 3.05) is 7.11 Å². The van der Waals surface area contributed by atoms with Crippen molar-refractivity contribution in [2.24, 2.45) is 22.7 Å². The first-order chi connectivity index (χ1) is 16.0. The summed E-state index contributed by atoms with van der Waals surface area (Å²) < 4.78 is 27.4. The van der Waals surface area contributed by atoms with Crippen LogP contribution in [0.2, 0.25) is 0 Å². The number of hydrogen-bond acceptors (Lipinski definition) is 9. The van der Waals surface area contributed by atoms with Crippen molar-refractivity contribution >= 4 is 23.9 Å². The van der Waals surface area contributed by atoms with Gasteiger partial charge in [0.15, 0.2) is 6.10 Å². The van der Waals surface area contributed by atoms with Crippen LogP contribution in [-0.4, -0.2) is 43.2 Å². The second-order valence-corrected chi connectivity index (χ2v) is 9.90. The van der Waals surface area contributed by atoms with E-state index in [0.29, 0.717) is 24.8 Å². The first kappa shape index (κ1) is 24.0. The maximum Gasteiger partial charge on any atom is 0.334 e. The molecule has 0 bridgehead atoms. The highest BCUT2D eigenvalue weighted by Gasteiger charge is 2.66. The van der Waals surface area contributed by atoms with Gasteiger partial charge in [-0.05, 0) is 36.8 Å². The summed E-state index contributed by atoms with van der Waals surface area (Å²) in [5.74, 6) is -3.03. The highest BCUT2D eigenvalue weighted by atomic mass is 16.6. The van der Waals surface area contributed by atoms with Gasteiger partial charge in [0.1, 0.15) is 12.2 Å². The maximum absolute atomic E-state index is 13.2. The van der Waals surface area contributed by atoms with Crippen LogP contribution in [0.4, 0.5) is 0 Å². The van der Waals surface area contributed by atoms with Gasteiger partial charge in [0.2, 0.25) is 0 Å². The Morgan fingerprint density at radius 1 is 1.12 bits per heavy atom. The van der Waals surface area contributed by atoms with E-state index in [1.807, 2.05) is 13.8 Å². The molecule has 1 saturated heterocycles. The topological polar surface area (TPSA) is 118 Å². The molecule has 0 spiro atoms. The molecule has 4 rings (SSSR count). The smallest absolute Gasteiger partial charge is 0.334 e. The molecular weight excluding hydrogens is 444 g/mol. The van der Waals surface area contributed by atoms with Crippen molar-refractivity contribution in [3.63, 3.8) is 0 Å². The summed E-state index contributed by atoms with van der Waals surface area (Å²) in [6.45, 7) is 6.43. The summed E-state index contributed by atoms with van der Waals surface area (Å²) in [6.07, 6.45) is 3.49. The van der Waals surface area contributed by atoms with Crippen molar-refractivity contribution < 1.29 is 42.5 Å². The number of carbonyl (C=O) groups is 4. The predicted molar refractivity (Wildman–Crippen MR) is 116 cm³/mol. The normalized spacial score (nSPS) is 36.8. The molecule has 34 heavy (non-hydrogen) atoms. The molecule has 2 heterocycles. The van der Waals surface area contributed by atoms with Gasteiger partial charge in [0.05, 0.1) is 25.6 Å². The number of ether oxygens (including phenoxy) is 4. The standard InChI is InChI=1S/C25H30O9/c1-13(26)32-18-10-17(22(28)30-5)24(3)8-6-16-23(29)34-19(15-7-9-31-12-15)11-25(16,4)21(24)20(18)33-14(2)27/h7,9-10,12,16,18-21H,6,8,11H2,1-5H3/t16-,18+,19+,20+,21?,24+,25+/m1/s1. The molecule has 1 aromatic rings. The van der Waals surface area contributed by atoms with Gasteiger partial charge >= 0.3 is 23.9 Å². The van der Waals surface area contributed by atoms with Crippen molar-refractivity contribution in [2.45, 2.75) is 65.3 Å². The van der Waals surface area contributed by atoms with Gasteiger partial charge in [0.25, 0.3) is 0 Å². The number of fused-ring (bicyclic) bond motifs is 3. The summed E-state index contributed by atoms with van der Waals surface area (Å²) in [5.41, 5.74) is -0.474. The molecule has 3 aliphatic rings. The van der Waals surface area contributed by atoms with E-state index in [4.69, 9.17) is 23.4 Å². The molecule has 9 nitrogen and oxygen atoms in total. The van der Waals surface area contributed by atoms with Gasteiger partial charge in [-0.2, -0.15) is 0 Å². The number of hydrogen-bond donors (Lipinski definition) is 0. The van der Waals surface area contributed by atoms with E-state index in [-0.39, 0.29) is 5.97 Å². The van der Waals surface area contributed by atoms with E-state index >= 15 is 0 Å². The third-order valence-corrected chi connectivity index (χ3v) is 7.84. The number of rotatable bonds is 4. The Labute approximate surface area is 197 Å². The molecule has 1 unspecified atom stereocenters. The molecular formula is C25H30O9. The Morgan fingerprint density at radius 2 is 1.82 bits per heavy atom. The van der Waals surface area contributed by atoms with E-state index in [0.717, 1.165) is 5.56 Å². The Balaban J connectivity index is 1.88. The fourth-order valence-electron chi connectivity index (χ4n) is 6.55. The fraction of sp³-hybridized carbons (Fsp3) is 0.600. The van der Waals surface area contributed by atoms with Crippen LogP contribution in [0.25, 0.3) is 0 Å². The molecule has 0 radical (unpaired) electrons. The van der Waals surface area contributed by atoms with Crippen LogP contribution in [0.15, 0.2) is 34.7 Å². The molecule has 184 valence electrons. The number of carbonyl (C=O) groups excluding carboxylic acids is 4. The van der Waals surface area contributed by atoms with Crippen molar-refractivity contribution in [3.8, 4) is 0 Å². The Bertz CT molecular complexity index is 1030. The molecule has 1 saturated carbocycles. The maximum atomic E-state index is 13.2. The second-order valence-electron chi connectivity index (χ2n) is 9.90. The third-order valence-electron chi connectivity index (χ3n) is 7.84. The Morgan fingerprint density at radius 3 is 2.41 bits per heavy atom. The van der Waals surface area contributed by atoms with Gasteiger partial charge in [-0.15, -0.1) is 0 Å². The SMILES string of the molecule is COC(=O)C1=C[C@H](OC(C)=O)[C@H](OC(C)=O)C2[C@@]1(C)CC[C@@H]1C(=O)O[C@H](c3ccoc3)C[C@]21C. The average molecular weight is 475 g/mol. The summed E-state index contributed by atoms with van der Waals surface area (Å²) >= 11 is 0. The Kier molecular flexibility index (Phi) is 6.08. The minimum absolute atomic E-state index is 0.346. The van der Waals surface area contributed by atoms with Gasteiger partial charge in [-0.25, -0.2) is 4.79 Å². The monoisotopic (exact) mass is 474 g/mol. The molecule has 1 aliphatic heterocycles. The van der Waals surface area contributed by atoms with E-state index in [1.54, 1.807) is 6.07 Å². The van der Waals surface area contributed by atoms with Crippen LogP contribution in [0.3, 0.4) is 0 Å². The van der Waals surface area contributed by atoms with Crippen LogP contribution < -0.4 is 0 Å². The van der Waals surface area contributed by atoms with Crippen molar-refractivity contribution in [1.29, 1.82) is 0 Å². The zero-order valence-electron chi connectivity index (χ0n) is 20.0. The average Bonchev–Trinajstić information content (AvgIpc) is 3.28. The lowest BCUT2D eigenvalue weighted by Crippen LogP contribution is -2.63. The third kappa shape index (κ3) is 3.80. The summed E-state index contributed by atoms with van der Waals surface area (Å²) in [5, 5.41) is 0. The van der Waals surface area contributed by atoms with Gasteiger partial charge in [-0.1, -0.05) is 13.8 Å². The van der Waals surface area contributed by atoms with Crippen LogP contribution in [-0.2, 0) is 38.1 Å². The molecule has 2 aliphatic carbocycles. The van der Waals surface area contributed by atoms with Crippen LogP contribution >= 0.6 is 0 Å². The van der Waals surface area contributed by atoms with Crippen molar-refractivity contribution in [3.05, 3.63) is 35.8 Å². The minimum atomic E-state index is -1.01. The molecule has 0 amide bonds. The highest BCUT2D eigenvalue weighted by Crippen LogP contribution is 2.65. The van der Waals surface area contributed by atoms with Crippen molar-refractivity contribution in [1.82, 2.24) is 0 Å². The second kappa shape index (κ2) is 8.60. The van der Waals surface area contributed by atoms with Gasteiger partial charge < -0.3 is 23.4 Å². The molecule has 0 aromatic carbocycles. The van der Waals surface area contributed by atoms with Gasteiger partial charge in [0, 0.05) is 36.3 Å². The number of methoxy groups -OCH3 is 1. The highest BCUT2D eigenvalue weighted by molar-refractivity contribution is 5.91. The zero-order chi connectivity index (χ0) is 24.8. The minimum Gasteiger partial charge on any atom is -0.472 e. The predicted octanol–water partition coefficient (Wildman–Crippen LogP) is 3.28. The van der Waals surface area contributed by atoms with Gasteiger partial charge in [-0.3, -0.25) is 14.4 Å². The lowest BCUT2D eigenvalue weighted by molar-refractivity contribution is -0.216. The Hall–Kier alpha value is -3.10. The van der Waals surface area contributed by atoms with E-state index in [2.05, 4.69) is 0 Å². The molecule has 9 heteroatoms. The largest absolute Gasteiger partial charge is 0.472 e. The molecule has 2 fully saturated rings. The molecule has 0 N–H and O–H groups in total. The number of cyclic esters (lactones) is 1. The fourth-order valence-corrected chi connectivity index (χ4v) is 6.55. The summed E-state index contributed by atoms with van der Waals surface area (Å²) in [4.78, 5) is 50.3. The zero-order valence-corrected chi connectivity index (χ0v) is 20.0. The lowest BCUT2D eigenvalue weighted by atomic mass is 9.44.